The van der Waals surface area contributed by atoms with Crippen LogP contribution in [0.3, 0.4) is 0 Å². The number of ether oxygens (including phenoxy) is 1. The first kappa shape index (κ1) is 15.8. The fourth-order valence-corrected chi connectivity index (χ4v) is 2.60. The van der Waals surface area contributed by atoms with E-state index in [-0.39, 0.29) is 0 Å². The second-order valence-corrected chi connectivity index (χ2v) is 5.95. The lowest BCUT2D eigenvalue weighted by molar-refractivity contribution is 0.231. The molecule has 0 aromatic carbocycles. The van der Waals surface area contributed by atoms with Crippen LogP contribution in [0.2, 0.25) is 0 Å². The minimum atomic E-state index is 0.506. The second-order valence-electron chi connectivity index (χ2n) is 5.95. The van der Waals surface area contributed by atoms with Gasteiger partial charge in [-0.25, -0.2) is 4.98 Å². The Labute approximate surface area is 127 Å². The molecule has 0 amide bonds. The number of nitrogens with zero attached hydrogens (tertiary/aromatic N) is 4. The van der Waals surface area contributed by atoms with Crippen molar-refractivity contribution >= 4 is 11.5 Å². The van der Waals surface area contributed by atoms with Crippen molar-refractivity contribution in [3.63, 3.8) is 0 Å². The molecule has 0 spiro atoms. The normalized spacial score (nSPS) is 16.5. The Morgan fingerprint density at radius 1 is 1.24 bits per heavy atom. The highest BCUT2D eigenvalue weighted by atomic mass is 16.5. The van der Waals surface area contributed by atoms with Gasteiger partial charge >= 0.3 is 0 Å². The number of piperazine rings is 1. The third-order valence-electron chi connectivity index (χ3n) is 3.56. The molecule has 2 heterocycles. The van der Waals surface area contributed by atoms with Crippen LogP contribution >= 0.6 is 0 Å². The van der Waals surface area contributed by atoms with Crippen LogP contribution in [-0.4, -0.2) is 54.2 Å². The first-order chi connectivity index (χ1) is 10.1. The van der Waals surface area contributed by atoms with Gasteiger partial charge in [0.2, 0.25) is 5.88 Å². The van der Waals surface area contributed by atoms with E-state index < -0.39 is 0 Å². The lowest BCUT2D eigenvalue weighted by atomic mass is 10.2. The summed E-state index contributed by atoms with van der Waals surface area (Å²) in [5, 5.41) is 0. The largest absolute Gasteiger partial charge is 0.476 e. The first-order valence-corrected chi connectivity index (χ1v) is 7.82. The van der Waals surface area contributed by atoms with Crippen LogP contribution in [0.15, 0.2) is 6.33 Å². The Hall–Kier alpha value is -1.56. The van der Waals surface area contributed by atoms with Crippen molar-refractivity contribution in [2.75, 3.05) is 50.0 Å². The second kappa shape index (κ2) is 7.45. The summed E-state index contributed by atoms with van der Waals surface area (Å²) in [4.78, 5) is 13.2. The zero-order valence-corrected chi connectivity index (χ0v) is 13.4. The minimum Gasteiger partial charge on any atom is -0.476 e. The molecule has 1 aliphatic heterocycles. The predicted octanol–water partition coefficient (Wildman–Crippen LogP) is 1.63. The van der Waals surface area contributed by atoms with Crippen molar-refractivity contribution in [3.8, 4) is 5.88 Å². The molecule has 6 heteroatoms. The molecule has 118 valence electrons. The van der Waals surface area contributed by atoms with E-state index in [0.717, 1.165) is 45.0 Å². The molecule has 0 radical (unpaired) electrons. The van der Waals surface area contributed by atoms with E-state index in [1.165, 1.54) is 6.33 Å². The monoisotopic (exact) mass is 293 g/mol. The molecule has 0 unspecified atom stereocenters. The Bertz CT molecular complexity index is 444. The molecule has 0 saturated carbocycles. The molecule has 0 bridgehead atoms. The zero-order chi connectivity index (χ0) is 15.2. The molecule has 21 heavy (non-hydrogen) atoms. The Kier molecular flexibility index (Phi) is 5.61. The molecule has 0 atom stereocenters. The SMILES string of the molecule is CCCOc1ncnc(N2CCN(CC(C)C)CC2)c1N. The summed E-state index contributed by atoms with van der Waals surface area (Å²) in [6.45, 7) is 12.3. The Balaban J connectivity index is 2.00. The van der Waals surface area contributed by atoms with Crippen molar-refractivity contribution in [3.05, 3.63) is 6.33 Å². The van der Waals surface area contributed by atoms with Crippen LogP contribution in [0, 0.1) is 5.92 Å². The lowest BCUT2D eigenvalue weighted by Crippen LogP contribution is -2.47. The molecule has 1 aromatic heterocycles. The Morgan fingerprint density at radius 2 is 1.95 bits per heavy atom. The fraction of sp³-hybridized carbons (Fsp3) is 0.733. The number of anilines is 2. The van der Waals surface area contributed by atoms with Gasteiger partial charge in [-0.15, -0.1) is 0 Å². The van der Waals surface area contributed by atoms with Crippen molar-refractivity contribution in [2.24, 2.45) is 5.92 Å². The summed E-state index contributed by atoms with van der Waals surface area (Å²) in [6.07, 6.45) is 2.48. The quantitative estimate of drug-likeness (QED) is 0.860. The molecule has 1 aliphatic rings. The van der Waals surface area contributed by atoms with Crippen LogP contribution in [0.4, 0.5) is 11.5 Å². The van der Waals surface area contributed by atoms with E-state index in [0.29, 0.717) is 24.1 Å². The summed E-state index contributed by atoms with van der Waals surface area (Å²) in [7, 11) is 0. The van der Waals surface area contributed by atoms with Crippen LogP contribution in [0.5, 0.6) is 5.88 Å². The molecular weight excluding hydrogens is 266 g/mol. The standard InChI is InChI=1S/C15H27N5O/c1-4-9-21-15-13(16)14(17-11-18-15)20-7-5-19(6-8-20)10-12(2)3/h11-12H,4-10,16H2,1-3H3. The number of rotatable bonds is 6. The van der Waals surface area contributed by atoms with E-state index in [1.54, 1.807) is 0 Å². The molecular formula is C15H27N5O. The van der Waals surface area contributed by atoms with Crippen molar-refractivity contribution < 1.29 is 4.74 Å². The van der Waals surface area contributed by atoms with Gasteiger partial charge in [-0.3, -0.25) is 4.90 Å². The molecule has 1 fully saturated rings. The van der Waals surface area contributed by atoms with Crippen LogP contribution < -0.4 is 15.4 Å². The van der Waals surface area contributed by atoms with Gasteiger partial charge < -0.3 is 15.4 Å². The summed E-state index contributed by atoms with van der Waals surface area (Å²) < 4.78 is 5.58. The van der Waals surface area contributed by atoms with E-state index in [4.69, 9.17) is 10.5 Å². The van der Waals surface area contributed by atoms with Gasteiger partial charge in [-0.1, -0.05) is 20.8 Å². The van der Waals surface area contributed by atoms with Gasteiger partial charge in [0.15, 0.2) is 5.82 Å². The number of nitrogens with two attached hydrogens (primary N) is 1. The first-order valence-electron chi connectivity index (χ1n) is 7.82. The highest BCUT2D eigenvalue weighted by Crippen LogP contribution is 2.28. The summed E-state index contributed by atoms with van der Waals surface area (Å²) in [5.74, 6) is 2.02. The smallest absolute Gasteiger partial charge is 0.242 e. The highest BCUT2D eigenvalue weighted by molar-refractivity contribution is 5.67. The van der Waals surface area contributed by atoms with E-state index in [1.807, 2.05) is 0 Å². The van der Waals surface area contributed by atoms with Gasteiger partial charge in [0, 0.05) is 32.7 Å². The third kappa shape index (κ3) is 4.20. The van der Waals surface area contributed by atoms with Crippen LogP contribution in [0.25, 0.3) is 0 Å². The molecule has 6 nitrogen and oxygen atoms in total. The molecule has 2 rings (SSSR count). The van der Waals surface area contributed by atoms with E-state index in [9.17, 15) is 0 Å². The number of hydrogen-bond acceptors (Lipinski definition) is 6. The molecule has 1 saturated heterocycles. The van der Waals surface area contributed by atoms with Crippen molar-refractivity contribution in [2.45, 2.75) is 27.2 Å². The maximum atomic E-state index is 6.17. The average Bonchev–Trinajstić information content (AvgIpc) is 2.47. The van der Waals surface area contributed by atoms with Gasteiger partial charge in [0.05, 0.1) is 6.61 Å². The number of hydrogen-bond donors (Lipinski definition) is 1. The molecule has 0 aliphatic carbocycles. The molecule has 1 aromatic rings. The average molecular weight is 293 g/mol. The maximum Gasteiger partial charge on any atom is 0.242 e. The highest BCUT2D eigenvalue weighted by Gasteiger charge is 2.21. The number of aromatic nitrogens is 2. The summed E-state index contributed by atoms with van der Waals surface area (Å²) in [5.41, 5.74) is 6.72. The van der Waals surface area contributed by atoms with Crippen LogP contribution in [-0.2, 0) is 0 Å². The maximum absolute atomic E-state index is 6.17. The Morgan fingerprint density at radius 3 is 2.57 bits per heavy atom. The summed E-state index contributed by atoms with van der Waals surface area (Å²) >= 11 is 0. The van der Waals surface area contributed by atoms with Crippen molar-refractivity contribution in [1.29, 1.82) is 0 Å². The van der Waals surface area contributed by atoms with Gasteiger partial charge in [-0.05, 0) is 12.3 Å². The molecule has 2 N–H and O–H groups in total. The van der Waals surface area contributed by atoms with Crippen LogP contribution in [0.1, 0.15) is 27.2 Å². The van der Waals surface area contributed by atoms with Crippen molar-refractivity contribution in [1.82, 2.24) is 14.9 Å². The van der Waals surface area contributed by atoms with Gasteiger partial charge in [-0.2, -0.15) is 4.98 Å². The minimum absolute atomic E-state index is 0.506. The topological polar surface area (TPSA) is 67.5 Å². The fourth-order valence-electron chi connectivity index (χ4n) is 2.60. The third-order valence-corrected chi connectivity index (χ3v) is 3.56. The number of nitrogen functional groups attached to an aromatic ring is 1. The van der Waals surface area contributed by atoms with E-state index >= 15 is 0 Å². The lowest BCUT2D eigenvalue weighted by Gasteiger charge is -2.36. The van der Waals surface area contributed by atoms with E-state index in [2.05, 4.69) is 40.5 Å². The summed E-state index contributed by atoms with van der Waals surface area (Å²) in [6, 6.07) is 0. The predicted molar refractivity (Wildman–Crippen MR) is 85.7 cm³/mol. The zero-order valence-electron chi connectivity index (χ0n) is 13.4. The van der Waals surface area contributed by atoms with Gasteiger partial charge in [0.25, 0.3) is 0 Å². The van der Waals surface area contributed by atoms with Gasteiger partial charge in [0.1, 0.15) is 12.0 Å².